The molecule has 2 rings (SSSR count). The van der Waals surface area contributed by atoms with E-state index in [0.717, 1.165) is 28.8 Å². The van der Waals surface area contributed by atoms with Crippen LogP contribution in [-0.4, -0.2) is 11.5 Å². The lowest BCUT2D eigenvalue weighted by molar-refractivity contribution is 0.586. The third-order valence-corrected chi connectivity index (χ3v) is 3.44. The minimum atomic E-state index is -0.570. The van der Waals surface area contributed by atoms with E-state index in [-0.39, 0.29) is 0 Å². The average Bonchev–Trinajstić information content (AvgIpc) is 2.75. The fourth-order valence-electron chi connectivity index (χ4n) is 1.49. The summed E-state index contributed by atoms with van der Waals surface area (Å²) in [4.78, 5) is 4.91. The van der Waals surface area contributed by atoms with E-state index in [0.29, 0.717) is 12.1 Å². The van der Waals surface area contributed by atoms with Crippen LogP contribution in [0.4, 0.5) is 8.78 Å². The van der Waals surface area contributed by atoms with E-state index in [4.69, 9.17) is 5.73 Å². The van der Waals surface area contributed by atoms with Crippen LogP contribution >= 0.6 is 11.3 Å². The predicted molar refractivity (Wildman–Crippen MR) is 64.8 cm³/mol. The molecule has 2 N–H and O–H groups in total. The zero-order valence-electron chi connectivity index (χ0n) is 9.12. The van der Waals surface area contributed by atoms with E-state index in [1.165, 1.54) is 23.5 Å². The maximum Gasteiger partial charge on any atom is 0.134 e. The molecule has 0 fully saturated rings. The van der Waals surface area contributed by atoms with Gasteiger partial charge in [-0.05, 0) is 25.1 Å². The molecule has 0 saturated carbocycles. The summed E-state index contributed by atoms with van der Waals surface area (Å²) in [6.45, 7) is 0.611. The molecule has 90 valence electrons. The summed E-state index contributed by atoms with van der Waals surface area (Å²) in [6.07, 6.45) is 3.27. The molecule has 0 spiro atoms. The molecule has 1 aromatic heterocycles. The van der Waals surface area contributed by atoms with Crippen molar-refractivity contribution in [2.24, 2.45) is 5.73 Å². The van der Waals surface area contributed by atoms with Crippen molar-refractivity contribution in [3.05, 3.63) is 41.0 Å². The number of halogens is 2. The quantitative estimate of drug-likeness (QED) is 0.911. The number of hydrogen-bond donors (Lipinski definition) is 1. The van der Waals surface area contributed by atoms with Crippen LogP contribution in [0.5, 0.6) is 0 Å². The highest BCUT2D eigenvalue weighted by Crippen LogP contribution is 2.29. The third-order valence-electron chi connectivity index (χ3n) is 2.34. The molecule has 1 heterocycles. The predicted octanol–water partition coefficient (Wildman–Crippen LogP) is 2.98. The van der Waals surface area contributed by atoms with Gasteiger partial charge in [-0.2, -0.15) is 0 Å². The first-order valence-electron chi connectivity index (χ1n) is 5.31. The summed E-state index contributed by atoms with van der Waals surface area (Å²) in [5, 5.41) is 0.925. The molecular formula is C12H12F2N2S. The van der Waals surface area contributed by atoms with E-state index in [9.17, 15) is 8.78 Å². The zero-order chi connectivity index (χ0) is 12.3. The summed E-state index contributed by atoms with van der Waals surface area (Å²) >= 11 is 1.42. The molecule has 0 bridgehead atoms. The molecule has 1 aromatic carbocycles. The number of benzene rings is 1. The second-order valence-electron chi connectivity index (χ2n) is 3.63. The first-order valence-corrected chi connectivity index (χ1v) is 6.12. The third kappa shape index (κ3) is 2.87. The van der Waals surface area contributed by atoms with Gasteiger partial charge in [-0.3, -0.25) is 0 Å². The molecule has 17 heavy (non-hydrogen) atoms. The average molecular weight is 254 g/mol. The molecule has 2 nitrogen and oxygen atoms in total. The highest BCUT2D eigenvalue weighted by atomic mass is 32.1. The number of nitrogens with two attached hydrogens (primary N) is 1. The van der Waals surface area contributed by atoms with Crippen molar-refractivity contribution in [2.75, 3.05) is 6.54 Å². The summed E-state index contributed by atoms with van der Waals surface area (Å²) in [5.74, 6) is -1.13. The first kappa shape index (κ1) is 12.1. The normalized spacial score (nSPS) is 10.8. The van der Waals surface area contributed by atoms with E-state index in [1.807, 2.05) is 0 Å². The van der Waals surface area contributed by atoms with Gasteiger partial charge in [-0.25, -0.2) is 13.8 Å². The Hall–Kier alpha value is -1.33. The fraction of sp³-hybridized carbons (Fsp3) is 0.250. The number of thiazole rings is 1. The molecule has 0 unspecified atom stereocenters. The van der Waals surface area contributed by atoms with Gasteiger partial charge in [0.25, 0.3) is 0 Å². The maximum absolute atomic E-state index is 13.5. The lowest BCUT2D eigenvalue weighted by Gasteiger charge is -1.98. The van der Waals surface area contributed by atoms with E-state index >= 15 is 0 Å². The Morgan fingerprint density at radius 1 is 1.29 bits per heavy atom. The van der Waals surface area contributed by atoms with E-state index in [2.05, 4.69) is 4.98 Å². The monoisotopic (exact) mass is 254 g/mol. The molecule has 0 atom stereocenters. The SMILES string of the molecule is NCCCc1ncc(-c2ccc(F)cc2F)s1. The molecular weight excluding hydrogens is 242 g/mol. The molecule has 2 aromatic rings. The zero-order valence-corrected chi connectivity index (χ0v) is 9.94. The second-order valence-corrected chi connectivity index (χ2v) is 4.75. The van der Waals surface area contributed by atoms with Gasteiger partial charge >= 0.3 is 0 Å². The molecule has 5 heteroatoms. The maximum atomic E-state index is 13.5. The fourth-order valence-corrected chi connectivity index (χ4v) is 2.48. The Morgan fingerprint density at radius 2 is 2.12 bits per heavy atom. The topological polar surface area (TPSA) is 38.9 Å². The molecule has 0 radical (unpaired) electrons. The summed E-state index contributed by atoms with van der Waals surface area (Å²) in [7, 11) is 0. The van der Waals surface area contributed by atoms with Crippen molar-refractivity contribution in [1.29, 1.82) is 0 Å². The van der Waals surface area contributed by atoms with Crippen molar-refractivity contribution < 1.29 is 8.78 Å². The summed E-state index contributed by atoms with van der Waals surface area (Å²) < 4.78 is 26.3. The lowest BCUT2D eigenvalue weighted by Crippen LogP contribution is -1.99. The van der Waals surface area contributed by atoms with Crippen LogP contribution in [0.3, 0.4) is 0 Å². The largest absolute Gasteiger partial charge is 0.330 e. The number of nitrogens with zero attached hydrogens (tertiary/aromatic N) is 1. The van der Waals surface area contributed by atoms with E-state index < -0.39 is 11.6 Å². The number of aryl methyl sites for hydroxylation is 1. The molecule has 0 aliphatic heterocycles. The highest BCUT2D eigenvalue weighted by molar-refractivity contribution is 7.15. The van der Waals surface area contributed by atoms with Gasteiger partial charge in [-0.1, -0.05) is 0 Å². The van der Waals surface area contributed by atoms with Crippen LogP contribution < -0.4 is 5.73 Å². The first-order chi connectivity index (χ1) is 8.20. The van der Waals surface area contributed by atoms with Gasteiger partial charge in [0.15, 0.2) is 0 Å². The van der Waals surface area contributed by atoms with Gasteiger partial charge in [-0.15, -0.1) is 11.3 Å². The van der Waals surface area contributed by atoms with Crippen molar-refractivity contribution >= 4 is 11.3 Å². The van der Waals surface area contributed by atoms with Gasteiger partial charge in [0.2, 0.25) is 0 Å². The van der Waals surface area contributed by atoms with Gasteiger partial charge in [0, 0.05) is 24.2 Å². The minimum Gasteiger partial charge on any atom is -0.330 e. The van der Waals surface area contributed by atoms with Gasteiger partial charge in [0.1, 0.15) is 11.6 Å². The second kappa shape index (κ2) is 5.33. The molecule has 0 saturated heterocycles. The smallest absolute Gasteiger partial charge is 0.134 e. The van der Waals surface area contributed by atoms with Crippen LogP contribution in [0, 0.1) is 11.6 Å². The Kier molecular flexibility index (Phi) is 3.81. The van der Waals surface area contributed by atoms with Crippen LogP contribution in [0.25, 0.3) is 10.4 Å². The molecule has 0 amide bonds. The van der Waals surface area contributed by atoms with Crippen molar-refractivity contribution in [2.45, 2.75) is 12.8 Å². The van der Waals surface area contributed by atoms with Crippen molar-refractivity contribution in [3.8, 4) is 10.4 Å². The Labute approximate surface area is 102 Å². The van der Waals surface area contributed by atoms with E-state index in [1.54, 1.807) is 6.20 Å². The number of hydrogen-bond acceptors (Lipinski definition) is 3. The lowest BCUT2D eigenvalue weighted by atomic mass is 10.2. The van der Waals surface area contributed by atoms with Crippen LogP contribution in [0.15, 0.2) is 24.4 Å². The van der Waals surface area contributed by atoms with Crippen molar-refractivity contribution in [1.82, 2.24) is 4.98 Å². The Bertz CT molecular complexity index is 511. The summed E-state index contributed by atoms with van der Waals surface area (Å²) in [6, 6.07) is 3.57. The van der Waals surface area contributed by atoms with Crippen LogP contribution in [0.1, 0.15) is 11.4 Å². The highest BCUT2D eigenvalue weighted by Gasteiger charge is 2.09. The standard InChI is InChI=1S/C12H12F2N2S/c13-8-3-4-9(10(14)6-8)11-7-16-12(17-11)2-1-5-15/h3-4,6-7H,1-2,5,15H2. The van der Waals surface area contributed by atoms with Gasteiger partial charge < -0.3 is 5.73 Å². The Morgan fingerprint density at radius 3 is 2.82 bits per heavy atom. The summed E-state index contributed by atoms with van der Waals surface area (Å²) in [5.41, 5.74) is 5.80. The van der Waals surface area contributed by atoms with Crippen molar-refractivity contribution in [3.63, 3.8) is 0 Å². The molecule has 0 aliphatic rings. The van der Waals surface area contributed by atoms with Gasteiger partial charge in [0.05, 0.1) is 9.88 Å². The number of aromatic nitrogens is 1. The van der Waals surface area contributed by atoms with Crippen LogP contribution in [-0.2, 0) is 6.42 Å². The van der Waals surface area contributed by atoms with Crippen LogP contribution in [0.2, 0.25) is 0 Å². The minimum absolute atomic E-state index is 0.392. The number of rotatable bonds is 4. The molecule has 0 aliphatic carbocycles. The Balaban J connectivity index is 2.24.